The smallest absolute Gasteiger partial charge is 0.0261 e. The number of rotatable bonds is 27. The van der Waals surface area contributed by atoms with Gasteiger partial charge < -0.3 is 0 Å². The fourth-order valence-corrected chi connectivity index (χ4v) is 18.9. The molecule has 0 N–H and O–H groups in total. The lowest BCUT2D eigenvalue weighted by atomic mass is 9.62. The molecule has 6 fully saturated rings. The third-order valence-corrected chi connectivity index (χ3v) is 21.6. The summed E-state index contributed by atoms with van der Waals surface area (Å²) < 4.78 is 0. The molecule has 6 aliphatic carbocycles. The van der Waals surface area contributed by atoms with Gasteiger partial charge in [-0.2, -0.15) is 0 Å². The average Bonchev–Trinajstić information content (AvgIpc) is 4.25. The predicted molar refractivity (Wildman–Crippen MR) is 295 cm³/mol. The van der Waals surface area contributed by atoms with E-state index >= 15 is 0 Å². The minimum absolute atomic E-state index is 0.119. The van der Waals surface area contributed by atoms with Gasteiger partial charge in [0, 0.05) is 16.2 Å². The summed E-state index contributed by atoms with van der Waals surface area (Å²) in [6, 6.07) is 45.8. The van der Waals surface area contributed by atoms with E-state index in [9.17, 15) is 0 Å². The minimum Gasteiger partial charge on any atom is -0.0654 e. The summed E-state index contributed by atoms with van der Waals surface area (Å²) in [5.74, 6) is 7.14. The quantitative estimate of drug-likeness (QED) is 0.0523. The van der Waals surface area contributed by atoms with Gasteiger partial charge in [-0.15, -0.1) is 0 Å². The third kappa shape index (κ3) is 9.10. The number of fused-ring (bicyclic) bond motifs is 6. The predicted octanol–water partition coefficient (Wildman–Crippen LogP) is 19.9. The van der Waals surface area contributed by atoms with Crippen molar-refractivity contribution < 1.29 is 0 Å². The van der Waals surface area contributed by atoms with Gasteiger partial charge in [-0.1, -0.05) is 265 Å². The minimum atomic E-state index is 0.119. The Bertz CT molecular complexity index is 2010. The number of unbranched alkanes of at least 4 members (excludes halogenated alkanes) is 15. The second kappa shape index (κ2) is 22.7. The van der Waals surface area contributed by atoms with Crippen molar-refractivity contribution in [1.29, 1.82) is 0 Å². The zero-order chi connectivity index (χ0) is 47.1. The van der Waals surface area contributed by atoms with Gasteiger partial charge in [-0.25, -0.2) is 0 Å². The second-order valence-electron chi connectivity index (χ2n) is 24.8. The van der Waals surface area contributed by atoms with Gasteiger partial charge in [-0.3, -0.25) is 0 Å². The average molecular weight is 926 g/mol. The summed E-state index contributed by atoms with van der Waals surface area (Å²) in [7, 11) is 0. The first-order valence-corrected chi connectivity index (χ1v) is 30.4. The molecule has 0 radical (unpaired) electrons. The van der Waals surface area contributed by atoms with Crippen LogP contribution in [0.25, 0.3) is 0 Å². The molecule has 372 valence electrons. The van der Waals surface area contributed by atoms with E-state index in [4.69, 9.17) is 0 Å². The van der Waals surface area contributed by atoms with E-state index in [2.05, 4.69) is 130 Å². The number of hydrogen-bond acceptors (Lipinski definition) is 0. The van der Waals surface area contributed by atoms with Crippen molar-refractivity contribution in [2.45, 2.75) is 230 Å². The van der Waals surface area contributed by atoms with Gasteiger partial charge in [0.05, 0.1) is 0 Å². The SMILES string of the molecule is CCCCCCCCC1CC2CCC1C2(c1ccccc1)c1ccc(C2(c3ccc(C4(c5ccccc5)C5CCC4C(CCCCCCCC)C5)cc3)C3CCC2C(CCCCCCCC)C3)cc1. The Kier molecular flexibility index (Phi) is 16.3. The summed E-state index contributed by atoms with van der Waals surface area (Å²) >= 11 is 0. The molecule has 0 nitrogen and oxygen atoms in total. The first-order chi connectivity index (χ1) is 34.1. The van der Waals surface area contributed by atoms with Crippen molar-refractivity contribution in [3.05, 3.63) is 143 Å². The van der Waals surface area contributed by atoms with E-state index in [1.165, 1.54) is 193 Å². The van der Waals surface area contributed by atoms with Crippen LogP contribution >= 0.6 is 0 Å². The maximum Gasteiger partial charge on any atom is 0.0261 e. The van der Waals surface area contributed by atoms with Crippen molar-refractivity contribution in [2.24, 2.45) is 53.3 Å². The van der Waals surface area contributed by atoms with Crippen LogP contribution in [0.4, 0.5) is 0 Å². The molecule has 0 heteroatoms. The van der Waals surface area contributed by atoms with Crippen LogP contribution in [-0.2, 0) is 16.2 Å². The molecule has 0 aliphatic heterocycles. The van der Waals surface area contributed by atoms with Crippen LogP contribution in [0.1, 0.15) is 247 Å². The molecule has 10 rings (SSSR count). The highest BCUT2D eigenvalue weighted by molar-refractivity contribution is 5.53. The molecule has 0 spiro atoms. The van der Waals surface area contributed by atoms with E-state index in [1.54, 1.807) is 33.4 Å². The van der Waals surface area contributed by atoms with E-state index in [0.717, 1.165) is 53.3 Å². The molecular weight excluding hydrogens is 829 g/mol. The van der Waals surface area contributed by atoms with E-state index < -0.39 is 0 Å². The van der Waals surface area contributed by atoms with Gasteiger partial charge in [0.1, 0.15) is 0 Å². The molecule has 69 heavy (non-hydrogen) atoms. The Morgan fingerprint density at radius 1 is 0.290 bits per heavy atom. The zero-order valence-corrected chi connectivity index (χ0v) is 44.3. The van der Waals surface area contributed by atoms with Crippen LogP contribution in [0, 0.1) is 53.3 Å². The lowest BCUT2D eigenvalue weighted by molar-refractivity contribution is 0.285. The number of hydrogen-bond donors (Lipinski definition) is 0. The van der Waals surface area contributed by atoms with Gasteiger partial charge in [0.25, 0.3) is 0 Å². The van der Waals surface area contributed by atoms with Crippen molar-refractivity contribution in [1.82, 2.24) is 0 Å². The van der Waals surface area contributed by atoms with Gasteiger partial charge in [0.2, 0.25) is 0 Å². The summed E-state index contributed by atoms with van der Waals surface area (Å²) in [5, 5.41) is 0. The number of benzene rings is 4. The van der Waals surface area contributed by atoms with Gasteiger partial charge in [-0.05, 0) is 144 Å². The first-order valence-electron chi connectivity index (χ1n) is 30.4. The molecule has 0 amide bonds. The largest absolute Gasteiger partial charge is 0.0654 e. The fourth-order valence-electron chi connectivity index (χ4n) is 18.9. The molecule has 0 saturated heterocycles. The standard InChI is InChI=1S/C69H96/c1-4-7-10-13-16-21-28-52-49-61-43-46-64(52)67(61,55-31-24-19-25-32-55)57-35-39-59(40-36-57)69(63-45-48-66(69)54(51-63)30-23-18-15-12-9-6-3)60-41-37-58(38-42-60)68(56-33-26-20-27-34-56)62-44-47-65(68)53(50-62)29-22-17-14-11-8-5-2/h19-20,24-27,31-42,52-54,61-66H,4-18,21-23,28-30,43-51H2,1-3H3. The lowest BCUT2D eigenvalue weighted by Crippen LogP contribution is -2.37. The van der Waals surface area contributed by atoms with E-state index in [0.29, 0.717) is 0 Å². The molecule has 11 atom stereocenters. The van der Waals surface area contributed by atoms with Crippen molar-refractivity contribution >= 4 is 0 Å². The van der Waals surface area contributed by atoms with Gasteiger partial charge >= 0.3 is 0 Å². The van der Waals surface area contributed by atoms with Crippen LogP contribution in [0.2, 0.25) is 0 Å². The summed E-state index contributed by atoms with van der Waals surface area (Å²) in [4.78, 5) is 0. The fraction of sp³-hybridized carbons (Fsp3) is 0.652. The third-order valence-electron chi connectivity index (χ3n) is 21.6. The summed E-state index contributed by atoms with van der Waals surface area (Å²) in [6.07, 6.45) is 42.4. The monoisotopic (exact) mass is 925 g/mol. The maximum absolute atomic E-state index is 2.74. The van der Waals surface area contributed by atoms with Crippen molar-refractivity contribution in [2.75, 3.05) is 0 Å². The topological polar surface area (TPSA) is 0 Å². The van der Waals surface area contributed by atoms with Crippen LogP contribution in [-0.4, -0.2) is 0 Å². The van der Waals surface area contributed by atoms with E-state index in [1.807, 2.05) is 0 Å². The van der Waals surface area contributed by atoms with Crippen LogP contribution in [0.3, 0.4) is 0 Å². The second-order valence-corrected chi connectivity index (χ2v) is 24.8. The molecular formula is C69H96. The Hall–Kier alpha value is -3.12. The van der Waals surface area contributed by atoms with Gasteiger partial charge in [0.15, 0.2) is 0 Å². The molecule has 0 aromatic heterocycles. The van der Waals surface area contributed by atoms with Crippen LogP contribution in [0.15, 0.2) is 109 Å². The zero-order valence-electron chi connectivity index (χ0n) is 44.3. The Labute approximate surface area is 423 Å². The van der Waals surface area contributed by atoms with Crippen molar-refractivity contribution in [3.63, 3.8) is 0 Å². The molecule has 0 heterocycles. The molecule has 11 unspecified atom stereocenters. The highest BCUT2D eigenvalue weighted by atomic mass is 14.7. The highest BCUT2D eigenvalue weighted by Crippen LogP contribution is 2.69. The van der Waals surface area contributed by atoms with Crippen LogP contribution in [0.5, 0.6) is 0 Å². The molecule has 4 aromatic carbocycles. The Morgan fingerprint density at radius 2 is 0.536 bits per heavy atom. The first kappa shape index (κ1) is 49.5. The summed E-state index contributed by atoms with van der Waals surface area (Å²) in [6.45, 7) is 7.05. The normalized spacial score (nSPS) is 33.0. The Balaban J connectivity index is 0.979. The highest BCUT2D eigenvalue weighted by Gasteiger charge is 2.63. The van der Waals surface area contributed by atoms with Crippen molar-refractivity contribution in [3.8, 4) is 0 Å². The molecule has 6 bridgehead atoms. The molecule has 6 aliphatic rings. The Morgan fingerprint density at radius 3 is 0.812 bits per heavy atom. The maximum atomic E-state index is 2.74. The lowest BCUT2D eigenvalue weighted by Gasteiger charge is -2.41. The van der Waals surface area contributed by atoms with Crippen LogP contribution < -0.4 is 0 Å². The summed E-state index contributed by atoms with van der Waals surface area (Å²) in [5.41, 5.74) is 10.3. The molecule has 6 saturated carbocycles. The van der Waals surface area contributed by atoms with E-state index in [-0.39, 0.29) is 16.2 Å². The molecule has 4 aromatic rings.